The van der Waals surface area contributed by atoms with Gasteiger partial charge in [-0.25, -0.2) is 0 Å². The Morgan fingerprint density at radius 2 is 1.93 bits per heavy atom. The fraction of sp³-hybridized carbons (Fsp3) is 0.385. The second-order valence-electron chi connectivity index (χ2n) is 3.86. The van der Waals surface area contributed by atoms with Gasteiger partial charge in [0.05, 0.1) is 0 Å². The van der Waals surface area contributed by atoms with E-state index in [0.29, 0.717) is 15.0 Å². The molecule has 0 aliphatic carbocycles. The quantitative estimate of drug-likeness (QED) is 0.724. The summed E-state index contributed by atoms with van der Waals surface area (Å²) in [5, 5.41) is 0. The Hall–Kier alpha value is -0.521. The van der Waals surface area contributed by atoms with Crippen LogP contribution in [0.15, 0.2) is 40.9 Å². The predicted octanol–water partition coefficient (Wildman–Crippen LogP) is 2.97. The van der Waals surface area contributed by atoms with E-state index in [1.165, 1.54) is 15.4 Å². The van der Waals surface area contributed by atoms with Crippen LogP contribution in [0.3, 0.4) is 0 Å². The van der Waals surface area contributed by atoms with Gasteiger partial charge in [0.1, 0.15) is 0 Å². The SMILES string of the molecule is C/C(=C\CC(C)C)[Se]c1ccccc1. The van der Waals surface area contributed by atoms with Gasteiger partial charge in [0.2, 0.25) is 0 Å². The van der Waals surface area contributed by atoms with E-state index < -0.39 is 0 Å². The number of allylic oxidation sites excluding steroid dienone is 2. The number of hydrogen-bond donors (Lipinski definition) is 0. The Kier molecular flexibility index (Phi) is 5.00. The van der Waals surface area contributed by atoms with Crippen LogP contribution in [0.2, 0.25) is 0 Å². The fourth-order valence-corrected chi connectivity index (χ4v) is 2.89. The van der Waals surface area contributed by atoms with Crippen LogP contribution in [0.1, 0.15) is 27.2 Å². The van der Waals surface area contributed by atoms with Gasteiger partial charge in [-0.2, -0.15) is 0 Å². The molecule has 0 N–H and O–H groups in total. The maximum absolute atomic E-state index is 2.39. The van der Waals surface area contributed by atoms with Crippen LogP contribution in [0.5, 0.6) is 0 Å². The molecule has 0 saturated heterocycles. The van der Waals surface area contributed by atoms with Crippen molar-refractivity contribution in [3.8, 4) is 0 Å². The van der Waals surface area contributed by atoms with Gasteiger partial charge in [-0.15, -0.1) is 0 Å². The summed E-state index contributed by atoms with van der Waals surface area (Å²) in [6, 6.07) is 10.7. The molecule has 76 valence electrons. The molecule has 0 radical (unpaired) electrons. The third-order valence-corrected chi connectivity index (χ3v) is 3.99. The summed E-state index contributed by atoms with van der Waals surface area (Å²) < 4.78 is 3.01. The molecule has 0 aliphatic rings. The first kappa shape index (κ1) is 11.6. The molecule has 0 saturated carbocycles. The average Bonchev–Trinajstić information content (AvgIpc) is 2.16. The Morgan fingerprint density at radius 3 is 2.50 bits per heavy atom. The van der Waals surface area contributed by atoms with Gasteiger partial charge in [0, 0.05) is 0 Å². The van der Waals surface area contributed by atoms with Gasteiger partial charge in [-0.05, 0) is 0 Å². The zero-order valence-corrected chi connectivity index (χ0v) is 10.9. The van der Waals surface area contributed by atoms with Gasteiger partial charge < -0.3 is 0 Å². The molecular weight excluding hydrogens is 235 g/mol. The van der Waals surface area contributed by atoms with E-state index in [4.69, 9.17) is 0 Å². The Bertz CT molecular complexity index is 285. The normalized spacial score (nSPS) is 12.1. The third-order valence-electron chi connectivity index (χ3n) is 1.90. The molecule has 1 rings (SSSR count). The van der Waals surface area contributed by atoms with Crippen molar-refractivity contribution in [2.45, 2.75) is 27.2 Å². The molecule has 1 aromatic rings. The average molecular weight is 253 g/mol. The minimum atomic E-state index is 0.524. The van der Waals surface area contributed by atoms with E-state index in [9.17, 15) is 0 Å². The first-order valence-electron chi connectivity index (χ1n) is 5.08. The standard InChI is InChI=1S/C13H18Se/c1-11(2)9-10-12(3)14-13-7-5-4-6-8-13/h4-8,10-11H,9H2,1-3H3/b12-10+. The Labute approximate surface area is 93.6 Å². The van der Waals surface area contributed by atoms with E-state index in [-0.39, 0.29) is 0 Å². The van der Waals surface area contributed by atoms with E-state index in [2.05, 4.69) is 57.2 Å². The molecule has 14 heavy (non-hydrogen) atoms. The first-order chi connectivity index (χ1) is 6.68. The molecule has 1 heteroatoms. The second-order valence-corrected chi connectivity index (χ2v) is 6.63. The summed E-state index contributed by atoms with van der Waals surface area (Å²) in [4.78, 5) is 0. The summed E-state index contributed by atoms with van der Waals surface area (Å²) >= 11 is 0.524. The molecule has 0 aliphatic heterocycles. The van der Waals surface area contributed by atoms with Gasteiger partial charge >= 0.3 is 93.4 Å². The number of rotatable bonds is 4. The molecule has 0 bridgehead atoms. The van der Waals surface area contributed by atoms with Crippen molar-refractivity contribution in [3.05, 3.63) is 40.9 Å². The van der Waals surface area contributed by atoms with E-state index >= 15 is 0 Å². The van der Waals surface area contributed by atoms with Gasteiger partial charge in [0.15, 0.2) is 0 Å². The second kappa shape index (κ2) is 6.06. The molecule has 0 aromatic heterocycles. The van der Waals surface area contributed by atoms with Crippen LogP contribution in [0.25, 0.3) is 0 Å². The van der Waals surface area contributed by atoms with Crippen molar-refractivity contribution in [2.75, 3.05) is 0 Å². The summed E-state index contributed by atoms with van der Waals surface area (Å²) in [6.07, 6.45) is 3.60. The number of hydrogen-bond acceptors (Lipinski definition) is 0. The van der Waals surface area contributed by atoms with E-state index in [1.54, 1.807) is 0 Å². The Balaban J connectivity index is 2.49. The van der Waals surface area contributed by atoms with Crippen LogP contribution in [0.4, 0.5) is 0 Å². The van der Waals surface area contributed by atoms with Gasteiger partial charge in [-0.3, -0.25) is 0 Å². The van der Waals surface area contributed by atoms with Gasteiger partial charge in [-0.1, -0.05) is 0 Å². The summed E-state index contributed by atoms with van der Waals surface area (Å²) in [6.45, 7) is 6.77. The van der Waals surface area contributed by atoms with Crippen molar-refractivity contribution in [2.24, 2.45) is 5.92 Å². The van der Waals surface area contributed by atoms with Gasteiger partial charge in [0.25, 0.3) is 0 Å². The summed E-state index contributed by atoms with van der Waals surface area (Å²) in [7, 11) is 0. The van der Waals surface area contributed by atoms with Crippen LogP contribution in [-0.2, 0) is 0 Å². The van der Waals surface area contributed by atoms with Crippen molar-refractivity contribution in [1.82, 2.24) is 0 Å². The van der Waals surface area contributed by atoms with Crippen molar-refractivity contribution < 1.29 is 0 Å². The van der Waals surface area contributed by atoms with E-state index in [0.717, 1.165) is 5.92 Å². The summed E-state index contributed by atoms with van der Waals surface area (Å²) in [5.41, 5.74) is 0. The molecule has 0 heterocycles. The summed E-state index contributed by atoms with van der Waals surface area (Å²) in [5.74, 6) is 0.775. The van der Waals surface area contributed by atoms with Crippen LogP contribution in [-0.4, -0.2) is 15.0 Å². The topological polar surface area (TPSA) is 0 Å². The maximum atomic E-state index is 2.39. The molecule has 0 amide bonds. The van der Waals surface area contributed by atoms with Crippen molar-refractivity contribution >= 4 is 19.4 Å². The molecule has 0 unspecified atom stereocenters. The predicted molar refractivity (Wildman–Crippen MR) is 65.0 cm³/mol. The monoisotopic (exact) mass is 254 g/mol. The Morgan fingerprint density at radius 1 is 1.29 bits per heavy atom. The molecular formula is C13H18Se. The van der Waals surface area contributed by atoms with Crippen LogP contribution < -0.4 is 4.46 Å². The molecule has 1 aromatic carbocycles. The number of benzene rings is 1. The van der Waals surface area contributed by atoms with Crippen LogP contribution >= 0.6 is 0 Å². The first-order valence-corrected chi connectivity index (χ1v) is 6.79. The van der Waals surface area contributed by atoms with Crippen molar-refractivity contribution in [3.63, 3.8) is 0 Å². The van der Waals surface area contributed by atoms with E-state index in [1.807, 2.05) is 0 Å². The molecule has 0 atom stereocenters. The molecule has 0 fully saturated rings. The zero-order valence-electron chi connectivity index (χ0n) is 9.16. The fourth-order valence-electron chi connectivity index (χ4n) is 1.12. The molecule has 0 nitrogen and oxygen atoms in total. The third kappa shape index (κ3) is 4.64. The molecule has 0 spiro atoms. The zero-order chi connectivity index (χ0) is 10.4. The van der Waals surface area contributed by atoms with Crippen molar-refractivity contribution in [1.29, 1.82) is 0 Å². The van der Waals surface area contributed by atoms with Crippen LogP contribution in [0, 0.1) is 5.92 Å². The minimum absolute atomic E-state index is 0.524.